The van der Waals surface area contributed by atoms with Crippen LogP contribution in [0.15, 0.2) is 42.5 Å². The van der Waals surface area contributed by atoms with Gasteiger partial charge >= 0.3 is 0 Å². The van der Waals surface area contributed by atoms with Gasteiger partial charge in [0.2, 0.25) is 0 Å². The maximum Gasteiger partial charge on any atom is 0.269 e. The van der Waals surface area contributed by atoms with Gasteiger partial charge in [-0.15, -0.1) is 0 Å². The molecule has 0 bridgehead atoms. The van der Waals surface area contributed by atoms with E-state index in [-0.39, 0.29) is 11.6 Å². The maximum absolute atomic E-state index is 12.2. The number of non-ortho nitro benzene ring substituents is 1. The van der Waals surface area contributed by atoms with E-state index in [2.05, 4.69) is 10.6 Å². The van der Waals surface area contributed by atoms with Crippen LogP contribution in [-0.2, 0) is 6.54 Å². The molecule has 8 heteroatoms. The van der Waals surface area contributed by atoms with Crippen molar-refractivity contribution in [3.63, 3.8) is 0 Å². The Morgan fingerprint density at radius 1 is 1.08 bits per heavy atom. The fourth-order valence-corrected chi connectivity index (χ4v) is 2.36. The van der Waals surface area contributed by atoms with Crippen LogP contribution in [0, 0.1) is 10.1 Å². The lowest BCUT2D eigenvalue weighted by Crippen LogP contribution is -2.31. The van der Waals surface area contributed by atoms with Gasteiger partial charge in [-0.3, -0.25) is 14.9 Å². The number of benzene rings is 2. The summed E-state index contributed by atoms with van der Waals surface area (Å²) in [7, 11) is 3.04. The molecule has 0 saturated carbocycles. The number of nitrogens with zero attached hydrogens (tertiary/aromatic N) is 1. The van der Waals surface area contributed by atoms with E-state index in [9.17, 15) is 14.9 Å². The number of carbonyl (C=O) groups excluding carboxylic acids is 1. The molecular formula is C18H21N3O5. The lowest BCUT2D eigenvalue weighted by Gasteiger charge is -2.10. The van der Waals surface area contributed by atoms with E-state index in [0.29, 0.717) is 36.7 Å². The Bertz CT molecular complexity index is 779. The summed E-state index contributed by atoms with van der Waals surface area (Å²) in [5.41, 5.74) is 1.35. The number of rotatable bonds is 9. The van der Waals surface area contributed by atoms with Gasteiger partial charge in [-0.2, -0.15) is 0 Å². The Balaban J connectivity index is 1.78. The molecule has 2 aromatic carbocycles. The number of hydrogen-bond donors (Lipinski definition) is 2. The zero-order chi connectivity index (χ0) is 18.9. The van der Waals surface area contributed by atoms with E-state index >= 15 is 0 Å². The number of ether oxygens (including phenoxy) is 2. The van der Waals surface area contributed by atoms with Gasteiger partial charge in [-0.05, 0) is 23.8 Å². The molecule has 0 heterocycles. The van der Waals surface area contributed by atoms with Crippen molar-refractivity contribution in [2.45, 2.75) is 6.54 Å². The molecule has 8 nitrogen and oxygen atoms in total. The van der Waals surface area contributed by atoms with Crippen LogP contribution in [0.2, 0.25) is 0 Å². The van der Waals surface area contributed by atoms with Gasteiger partial charge in [0.15, 0.2) is 11.5 Å². The molecule has 0 atom stereocenters. The summed E-state index contributed by atoms with van der Waals surface area (Å²) in [6.45, 7) is 1.43. The fraction of sp³-hybridized carbons (Fsp3) is 0.278. The molecule has 26 heavy (non-hydrogen) atoms. The third kappa shape index (κ3) is 5.18. The normalized spacial score (nSPS) is 10.2. The van der Waals surface area contributed by atoms with Gasteiger partial charge < -0.3 is 20.1 Å². The Morgan fingerprint density at radius 3 is 2.54 bits per heavy atom. The molecule has 0 spiro atoms. The predicted octanol–water partition coefficient (Wildman–Crippen LogP) is 2.13. The molecule has 0 aliphatic rings. The largest absolute Gasteiger partial charge is 0.493 e. The predicted molar refractivity (Wildman–Crippen MR) is 96.7 cm³/mol. The fourth-order valence-electron chi connectivity index (χ4n) is 2.36. The van der Waals surface area contributed by atoms with E-state index in [0.717, 1.165) is 5.56 Å². The van der Waals surface area contributed by atoms with Crippen molar-refractivity contribution in [2.24, 2.45) is 0 Å². The van der Waals surface area contributed by atoms with Crippen LogP contribution in [0.25, 0.3) is 0 Å². The SMILES string of the molecule is COc1ccc(C(=O)NCCNCc2cccc([N+](=O)[O-])c2)cc1OC. The Hall–Kier alpha value is -3.13. The van der Waals surface area contributed by atoms with Crippen LogP contribution >= 0.6 is 0 Å². The lowest BCUT2D eigenvalue weighted by molar-refractivity contribution is -0.384. The van der Waals surface area contributed by atoms with Crippen molar-refractivity contribution >= 4 is 11.6 Å². The summed E-state index contributed by atoms with van der Waals surface area (Å²) in [6, 6.07) is 11.4. The highest BCUT2D eigenvalue weighted by Crippen LogP contribution is 2.27. The van der Waals surface area contributed by atoms with E-state index < -0.39 is 4.92 Å². The van der Waals surface area contributed by atoms with E-state index in [4.69, 9.17) is 9.47 Å². The summed E-state index contributed by atoms with van der Waals surface area (Å²) >= 11 is 0. The number of nitro benzene ring substituents is 1. The molecule has 0 radical (unpaired) electrons. The first-order valence-electron chi connectivity index (χ1n) is 7.99. The molecule has 2 N–H and O–H groups in total. The zero-order valence-corrected chi connectivity index (χ0v) is 14.7. The summed E-state index contributed by atoms with van der Waals surface area (Å²) in [5.74, 6) is 0.828. The highest BCUT2D eigenvalue weighted by molar-refractivity contribution is 5.94. The average Bonchev–Trinajstić information content (AvgIpc) is 2.67. The Morgan fingerprint density at radius 2 is 1.85 bits per heavy atom. The standard InChI is InChI=1S/C18H21N3O5/c1-25-16-7-6-14(11-17(16)26-2)18(22)20-9-8-19-12-13-4-3-5-15(10-13)21(23)24/h3-7,10-11,19H,8-9,12H2,1-2H3,(H,20,22). The second kappa shape index (κ2) is 9.38. The lowest BCUT2D eigenvalue weighted by atomic mass is 10.2. The molecule has 0 unspecified atom stereocenters. The van der Waals surface area contributed by atoms with E-state index in [1.807, 2.05) is 6.07 Å². The van der Waals surface area contributed by atoms with Crippen LogP contribution in [-0.4, -0.2) is 38.1 Å². The van der Waals surface area contributed by atoms with Crippen molar-refractivity contribution in [3.8, 4) is 11.5 Å². The van der Waals surface area contributed by atoms with Crippen molar-refractivity contribution in [1.29, 1.82) is 0 Å². The molecule has 0 aliphatic heterocycles. The van der Waals surface area contributed by atoms with Crippen molar-refractivity contribution in [2.75, 3.05) is 27.3 Å². The second-order valence-corrected chi connectivity index (χ2v) is 5.43. The summed E-state index contributed by atoms with van der Waals surface area (Å²) in [4.78, 5) is 22.5. The van der Waals surface area contributed by atoms with Crippen LogP contribution in [0.4, 0.5) is 5.69 Å². The molecule has 0 fully saturated rings. The molecule has 0 aromatic heterocycles. The summed E-state index contributed by atoms with van der Waals surface area (Å²) < 4.78 is 10.3. The number of hydrogen-bond acceptors (Lipinski definition) is 6. The van der Waals surface area contributed by atoms with Crippen molar-refractivity contribution in [1.82, 2.24) is 10.6 Å². The number of nitrogens with one attached hydrogen (secondary N) is 2. The first kappa shape index (κ1) is 19.2. The highest BCUT2D eigenvalue weighted by Gasteiger charge is 2.10. The van der Waals surface area contributed by atoms with Crippen LogP contribution in [0.1, 0.15) is 15.9 Å². The zero-order valence-electron chi connectivity index (χ0n) is 14.7. The van der Waals surface area contributed by atoms with Gasteiger partial charge in [0, 0.05) is 37.3 Å². The number of nitro groups is 1. The Labute approximate surface area is 151 Å². The van der Waals surface area contributed by atoms with E-state index in [1.165, 1.54) is 26.4 Å². The number of amides is 1. The maximum atomic E-state index is 12.2. The molecule has 0 aliphatic carbocycles. The van der Waals surface area contributed by atoms with Crippen molar-refractivity contribution < 1.29 is 19.2 Å². The van der Waals surface area contributed by atoms with E-state index in [1.54, 1.807) is 24.3 Å². The first-order chi connectivity index (χ1) is 12.5. The second-order valence-electron chi connectivity index (χ2n) is 5.43. The van der Waals surface area contributed by atoms with Crippen LogP contribution in [0.5, 0.6) is 11.5 Å². The minimum absolute atomic E-state index is 0.0612. The summed E-state index contributed by atoms with van der Waals surface area (Å²) in [5, 5.41) is 16.7. The van der Waals surface area contributed by atoms with Crippen LogP contribution in [0.3, 0.4) is 0 Å². The topological polar surface area (TPSA) is 103 Å². The summed E-state index contributed by atoms with van der Waals surface area (Å²) in [6.07, 6.45) is 0. The van der Waals surface area contributed by atoms with Gasteiger partial charge in [-0.1, -0.05) is 12.1 Å². The monoisotopic (exact) mass is 359 g/mol. The van der Waals surface area contributed by atoms with Crippen molar-refractivity contribution in [3.05, 3.63) is 63.7 Å². The molecule has 1 amide bonds. The van der Waals surface area contributed by atoms with Gasteiger partial charge in [-0.25, -0.2) is 0 Å². The van der Waals surface area contributed by atoms with Gasteiger partial charge in [0.25, 0.3) is 11.6 Å². The highest BCUT2D eigenvalue weighted by atomic mass is 16.6. The van der Waals surface area contributed by atoms with Crippen LogP contribution < -0.4 is 20.1 Å². The number of methoxy groups -OCH3 is 2. The first-order valence-corrected chi connectivity index (χ1v) is 7.99. The molecule has 2 aromatic rings. The Kier molecular flexibility index (Phi) is 6.92. The molecule has 2 rings (SSSR count). The van der Waals surface area contributed by atoms with Gasteiger partial charge in [0.1, 0.15) is 0 Å². The minimum Gasteiger partial charge on any atom is -0.493 e. The average molecular weight is 359 g/mol. The molecule has 138 valence electrons. The number of carbonyl (C=O) groups is 1. The third-order valence-electron chi connectivity index (χ3n) is 3.68. The minimum atomic E-state index is -0.424. The quantitative estimate of drug-likeness (QED) is 0.404. The third-order valence-corrected chi connectivity index (χ3v) is 3.68. The molecule has 0 saturated heterocycles. The molecular weight excluding hydrogens is 338 g/mol. The van der Waals surface area contributed by atoms with Gasteiger partial charge in [0.05, 0.1) is 19.1 Å². The smallest absolute Gasteiger partial charge is 0.269 e.